The summed E-state index contributed by atoms with van der Waals surface area (Å²) in [7, 11) is -7.65. The van der Waals surface area contributed by atoms with Crippen LogP contribution in [-0.4, -0.2) is 39.8 Å². The molecule has 0 atom stereocenters. The molecule has 0 radical (unpaired) electrons. The molecule has 0 unspecified atom stereocenters. The van der Waals surface area contributed by atoms with Gasteiger partial charge < -0.3 is 5.11 Å². The Bertz CT molecular complexity index is 664. The Balaban J connectivity index is 3.31. The summed E-state index contributed by atoms with van der Waals surface area (Å²) in [6, 6.07) is 4.32. The third-order valence-electron chi connectivity index (χ3n) is 2.45. The van der Waals surface area contributed by atoms with Gasteiger partial charge in [0.2, 0.25) is 10.0 Å². The zero-order valence-corrected chi connectivity index (χ0v) is 12.6. The van der Waals surface area contributed by atoms with Crippen molar-refractivity contribution in [2.75, 3.05) is 22.2 Å². The highest BCUT2D eigenvalue weighted by atomic mass is 32.3. The van der Waals surface area contributed by atoms with Crippen molar-refractivity contribution < 1.29 is 21.9 Å². The van der Waals surface area contributed by atoms with Gasteiger partial charge in [0.15, 0.2) is 14.9 Å². The molecular weight excluding hydrogens is 290 g/mol. The number of sulfone groups is 1. The molecule has 0 aromatic heterocycles. The van der Waals surface area contributed by atoms with Gasteiger partial charge in [-0.2, -0.15) is 0 Å². The van der Waals surface area contributed by atoms with Crippen molar-refractivity contribution in [2.24, 2.45) is 0 Å². The van der Waals surface area contributed by atoms with Gasteiger partial charge in [-0.1, -0.05) is 6.07 Å². The summed E-state index contributed by atoms with van der Waals surface area (Å²) < 4.78 is 47.6. The number of aromatic hydroxyl groups is 1. The average molecular weight is 307 g/mol. The van der Waals surface area contributed by atoms with E-state index in [0.717, 1.165) is 10.6 Å². The van der Waals surface area contributed by atoms with E-state index in [0.29, 0.717) is 5.56 Å². The number of sulfonamides is 1. The number of anilines is 1. The minimum absolute atomic E-state index is 0.0754. The molecule has 108 valence electrons. The SMILES string of the molecule is CCN(c1cc(O)ccc1C)S(=O)(=O)CS(C)(=O)=O. The Labute approximate surface area is 113 Å². The smallest absolute Gasteiger partial charge is 0.249 e. The van der Waals surface area contributed by atoms with Crippen LogP contribution in [0, 0.1) is 6.92 Å². The Hall–Kier alpha value is -1.28. The van der Waals surface area contributed by atoms with Crippen molar-refractivity contribution in [1.82, 2.24) is 0 Å². The van der Waals surface area contributed by atoms with E-state index in [2.05, 4.69) is 0 Å². The summed E-state index contributed by atoms with van der Waals surface area (Å²) in [5, 5.41) is 8.49. The lowest BCUT2D eigenvalue weighted by molar-refractivity contribution is 0.475. The first-order valence-electron chi connectivity index (χ1n) is 5.54. The maximum Gasteiger partial charge on any atom is 0.249 e. The molecule has 1 aromatic carbocycles. The maximum absolute atomic E-state index is 12.1. The zero-order valence-electron chi connectivity index (χ0n) is 11.0. The predicted molar refractivity (Wildman–Crippen MR) is 74.5 cm³/mol. The minimum Gasteiger partial charge on any atom is -0.508 e. The maximum atomic E-state index is 12.1. The first kappa shape index (κ1) is 15.8. The van der Waals surface area contributed by atoms with Crippen LogP contribution in [0.4, 0.5) is 5.69 Å². The van der Waals surface area contributed by atoms with Gasteiger partial charge in [0.1, 0.15) is 5.75 Å². The summed E-state index contributed by atoms with van der Waals surface area (Å²) >= 11 is 0. The summed E-state index contributed by atoms with van der Waals surface area (Å²) in [5.74, 6) is -0.0754. The quantitative estimate of drug-likeness (QED) is 0.871. The Kier molecular flexibility index (Phi) is 4.46. The fourth-order valence-corrected chi connectivity index (χ4v) is 5.28. The number of phenols is 1. The third kappa shape index (κ3) is 4.10. The molecule has 0 heterocycles. The molecule has 0 saturated carbocycles. The van der Waals surface area contributed by atoms with Crippen LogP contribution in [0.3, 0.4) is 0 Å². The molecule has 0 aliphatic rings. The number of hydrogen-bond donors (Lipinski definition) is 1. The van der Waals surface area contributed by atoms with Crippen LogP contribution in [-0.2, 0) is 19.9 Å². The topological polar surface area (TPSA) is 91.8 Å². The van der Waals surface area contributed by atoms with E-state index < -0.39 is 24.9 Å². The van der Waals surface area contributed by atoms with Gasteiger partial charge in [-0.05, 0) is 25.5 Å². The van der Waals surface area contributed by atoms with Gasteiger partial charge in [0.25, 0.3) is 0 Å². The van der Waals surface area contributed by atoms with Crippen molar-refractivity contribution in [3.05, 3.63) is 23.8 Å². The number of rotatable bonds is 5. The van der Waals surface area contributed by atoms with Crippen LogP contribution in [0.1, 0.15) is 12.5 Å². The molecule has 0 aliphatic heterocycles. The largest absolute Gasteiger partial charge is 0.508 e. The van der Waals surface area contributed by atoms with E-state index in [1.54, 1.807) is 19.9 Å². The van der Waals surface area contributed by atoms with E-state index in [4.69, 9.17) is 0 Å². The molecule has 8 heteroatoms. The molecule has 0 fully saturated rings. The lowest BCUT2D eigenvalue weighted by Crippen LogP contribution is -2.35. The zero-order chi connectivity index (χ0) is 14.8. The van der Waals surface area contributed by atoms with Crippen LogP contribution in [0.15, 0.2) is 18.2 Å². The van der Waals surface area contributed by atoms with Crippen LogP contribution in [0.2, 0.25) is 0 Å². The molecule has 0 amide bonds. The van der Waals surface area contributed by atoms with Gasteiger partial charge in [0.05, 0.1) is 5.69 Å². The second-order valence-electron chi connectivity index (χ2n) is 4.29. The van der Waals surface area contributed by atoms with E-state index >= 15 is 0 Å². The van der Waals surface area contributed by atoms with E-state index in [1.165, 1.54) is 12.1 Å². The van der Waals surface area contributed by atoms with Gasteiger partial charge in [0, 0.05) is 18.9 Å². The highest BCUT2D eigenvalue weighted by Gasteiger charge is 2.26. The van der Waals surface area contributed by atoms with Crippen molar-refractivity contribution >= 4 is 25.5 Å². The Morgan fingerprint density at radius 2 is 1.79 bits per heavy atom. The van der Waals surface area contributed by atoms with Gasteiger partial charge >= 0.3 is 0 Å². The number of benzene rings is 1. The van der Waals surface area contributed by atoms with E-state index in [-0.39, 0.29) is 18.0 Å². The molecule has 1 rings (SSSR count). The number of hydrogen-bond acceptors (Lipinski definition) is 5. The lowest BCUT2D eigenvalue weighted by Gasteiger charge is -2.24. The van der Waals surface area contributed by atoms with E-state index in [9.17, 15) is 21.9 Å². The molecule has 0 aliphatic carbocycles. The van der Waals surface area contributed by atoms with Crippen molar-refractivity contribution in [2.45, 2.75) is 13.8 Å². The molecule has 0 spiro atoms. The highest BCUT2D eigenvalue weighted by Crippen LogP contribution is 2.27. The summed E-state index contributed by atoms with van der Waals surface area (Å²) in [6.07, 6.45) is 0.869. The Morgan fingerprint density at radius 3 is 2.26 bits per heavy atom. The van der Waals surface area contributed by atoms with Gasteiger partial charge in [-0.3, -0.25) is 4.31 Å². The molecule has 1 N–H and O–H groups in total. The number of nitrogens with zero attached hydrogens (tertiary/aromatic N) is 1. The van der Waals surface area contributed by atoms with Gasteiger partial charge in [-0.25, -0.2) is 16.8 Å². The van der Waals surface area contributed by atoms with Crippen LogP contribution >= 0.6 is 0 Å². The monoisotopic (exact) mass is 307 g/mol. The number of phenolic OH excluding ortho intramolecular Hbond substituents is 1. The third-order valence-corrected chi connectivity index (χ3v) is 6.48. The molecule has 0 bridgehead atoms. The van der Waals surface area contributed by atoms with Gasteiger partial charge in [-0.15, -0.1) is 0 Å². The Morgan fingerprint density at radius 1 is 1.21 bits per heavy atom. The predicted octanol–water partition coefficient (Wildman–Crippen LogP) is 0.859. The summed E-state index contributed by atoms with van der Waals surface area (Å²) in [4.78, 5) is 0. The fraction of sp³-hybridized carbons (Fsp3) is 0.455. The van der Waals surface area contributed by atoms with Crippen molar-refractivity contribution in [3.8, 4) is 5.75 Å². The molecular formula is C11H17NO5S2. The van der Waals surface area contributed by atoms with Crippen LogP contribution in [0.25, 0.3) is 0 Å². The first-order chi connectivity index (χ1) is 8.57. The van der Waals surface area contributed by atoms with Crippen molar-refractivity contribution in [3.63, 3.8) is 0 Å². The minimum atomic E-state index is -3.99. The average Bonchev–Trinajstić information content (AvgIpc) is 2.20. The molecule has 19 heavy (non-hydrogen) atoms. The molecule has 1 aromatic rings. The standard InChI is InChI=1S/C11H17NO5S2/c1-4-12(19(16,17)8-18(3,14)15)11-7-10(13)6-5-9(11)2/h5-7,13H,4,8H2,1-3H3. The second kappa shape index (κ2) is 5.38. The highest BCUT2D eigenvalue weighted by molar-refractivity contribution is 8.08. The summed E-state index contributed by atoms with van der Waals surface area (Å²) in [5.41, 5.74) is 0.919. The van der Waals surface area contributed by atoms with Crippen molar-refractivity contribution in [1.29, 1.82) is 0 Å². The first-order valence-corrected chi connectivity index (χ1v) is 9.21. The fourth-order valence-electron chi connectivity index (χ4n) is 1.72. The molecule has 6 nitrogen and oxygen atoms in total. The lowest BCUT2D eigenvalue weighted by atomic mass is 10.2. The second-order valence-corrected chi connectivity index (χ2v) is 8.69. The van der Waals surface area contributed by atoms with Crippen LogP contribution < -0.4 is 4.31 Å². The summed E-state index contributed by atoms with van der Waals surface area (Å²) in [6.45, 7) is 3.37. The molecule has 0 saturated heterocycles. The van der Waals surface area contributed by atoms with Crippen LogP contribution in [0.5, 0.6) is 5.75 Å². The number of aryl methyl sites for hydroxylation is 1. The normalized spacial score (nSPS) is 12.4. The van der Waals surface area contributed by atoms with E-state index in [1.807, 2.05) is 0 Å².